The maximum atomic E-state index is 12.8. The van der Waals surface area contributed by atoms with Crippen LogP contribution in [0, 0.1) is 0 Å². The molecule has 0 saturated carbocycles. The molecule has 30 heavy (non-hydrogen) atoms. The van der Waals surface area contributed by atoms with Crippen LogP contribution in [-0.4, -0.2) is 48.1 Å². The van der Waals surface area contributed by atoms with E-state index in [2.05, 4.69) is 10.0 Å². The topological polar surface area (TPSA) is 150 Å². The van der Waals surface area contributed by atoms with Crippen LogP contribution in [0.3, 0.4) is 0 Å². The molecular formula is C19H15N3O7S. The zero-order valence-corrected chi connectivity index (χ0v) is 16.1. The van der Waals surface area contributed by atoms with Crippen molar-refractivity contribution < 1.29 is 32.7 Å². The van der Waals surface area contributed by atoms with Crippen LogP contribution in [0.1, 0.15) is 33.6 Å². The molecule has 0 aliphatic carbocycles. The highest BCUT2D eigenvalue weighted by Gasteiger charge is 2.44. The summed E-state index contributed by atoms with van der Waals surface area (Å²) in [6.45, 7) is 0. The highest BCUT2D eigenvalue weighted by atomic mass is 32.2. The van der Waals surface area contributed by atoms with Gasteiger partial charge in [-0.1, -0.05) is 0 Å². The lowest BCUT2D eigenvalue weighted by molar-refractivity contribution is -0.136. The summed E-state index contributed by atoms with van der Waals surface area (Å²) < 4.78 is 27.3. The van der Waals surface area contributed by atoms with Crippen molar-refractivity contribution in [3.8, 4) is 5.75 Å². The van der Waals surface area contributed by atoms with Gasteiger partial charge in [0, 0.05) is 12.1 Å². The Hall–Kier alpha value is -3.73. The second-order valence-corrected chi connectivity index (χ2v) is 8.49. The van der Waals surface area contributed by atoms with Gasteiger partial charge in [-0.15, -0.1) is 0 Å². The Balaban J connectivity index is 1.61. The lowest BCUT2D eigenvalue weighted by Crippen LogP contribution is -2.54. The fourth-order valence-corrected chi connectivity index (χ4v) is 4.42. The second-order valence-electron chi connectivity index (χ2n) is 6.81. The number of carbonyl (C=O) groups excluding carboxylic acids is 4. The largest absolute Gasteiger partial charge is 0.508 e. The van der Waals surface area contributed by atoms with E-state index >= 15 is 0 Å². The molecule has 2 aliphatic heterocycles. The Labute approximate surface area is 170 Å². The molecule has 2 aromatic carbocycles. The molecule has 2 aromatic rings. The molecule has 0 bridgehead atoms. The Morgan fingerprint density at radius 1 is 0.967 bits per heavy atom. The number of hydrogen-bond acceptors (Lipinski definition) is 7. The lowest BCUT2D eigenvalue weighted by atomic mass is 10.0. The molecule has 0 radical (unpaired) electrons. The SMILES string of the molecule is O=C1CCC(N2C(=O)c3ccc(NS(=O)(=O)c4ccc(O)cc4)cc3C2=O)C(=O)N1. The first-order valence-corrected chi connectivity index (χ1v) is 10.3. The van der Waals surface area contributed by atoms with Crippen LogP contribution >= 0.6 is 0 Å². The summed E-state index contributed by atoms with van der Waals surface area (Å²) in [5, 5.41) is 11.4. The number of nitrogens with zero attached hydrogens (tertiary/aromatic N) is 1. The van der Waals surface area contributed by atoms with E-state index in [4.69, 9.17) is 0 Å². The number of aromatic hydroxyl groups is 1. The number of phenols is 1. The van der Waals surface area contributed by atoms with Gasteiger partial charge in [-0.3, -0.25) is 34.1 Å². The number of rotatable bonds is 4. The van der Waals surface area contributed by atoms with E-state index in [-0.39, 0.29) is 40.3 Å². The van der Waals surface area contributed by atoms with E-state index in [0.29, 0.717) is 0 Å². The predicted octanol–water partition coefficient (Wildman–Crippen LogP) is 0.594. The number of anilines is 1. The molecule has 3 N–H and O–H groups in total. The third-order valence-electron chi connectivity index (χ3n) is 4.84. The fourth-order valence-electron chi connectivity index (χ4n) is 3.37. The number of imide groups is 2. The van der Waals surface area contributed by atoms with Crippen molar-refractivity contribution in [1.82, 2.24) is 10.2 Å². The van der Waals surface area contributed by atoms with Crippen LogP contribution in [0.15, 0.2) is 47.4 Å². The van der Waals surface area contributed by atoms with Crippen molar-refractivity contribution in [2.75, 3.05) is 4.72 Å². The van der Waals surface area contributed by atoms with Gasteiger partial charge in [0.2, 0.25) is 11.8 Å². The molecule has 4 amide bonds. The first-order valence-electron chi connectivity index (χ1n) is 8.85. The molecule has 1 atom stereocenters. The number of nitrogens with one attached hydrogen (secondary N) is 2. The van der Waals surface area contributed by atoms with Gasteiger partial charge in [0.15, 0.2) is 0 Å². The molecule has 1 unspecified atom stereocenters. The first-order chi connectivity index (χ1) is 14.2. The smallest absolute Gasteiger partial charge is 0.262 e. The van der Waals surface area contributed by atoms with Crippen LogP contribution < -0.4 is 10.0 Å². The Morgan fingerprint density at radius 3 is 2.30 bits per heavy atom. The van der Waals surface area contributed by atoms with Gasteiger partial charge in [-0.05, 0) is 48.9 Å². The van der Waals surface area contributed by atoms with E-state index in [9.17, 15) is 32.7 Å². The van der Waals surface area contributed by atoms with E-state index < -0.39 is 39.7 Å². The van der Waals surface area contributed by atoms with Crippen molar-refractivity contribution >= 4 is 39.3 Å². The highest BCUT2D eigenvalue weighted by molar-refractivity contribution is 7.92. The van der Waals surface area contributed by atoms with Gasteiger partial charge in [0.05, 0.1) is 16.0 Å². The first kappa shape index (κ1) is 19.6. The van der Waals surface area contributed by atoms with Gasteiger partial charge in [-0.2, -0.15) is 0 Å². The molecule has 0 aromatic heterocycles. The molecule has 4 rings (SSSR count). The molecule has 11 heteroatoms. The maximum Gasteiger partial charge on any atom is 0.262 e. The fraction of sp³-hybridized carbons (Fsp3) is 0.158. The van der Waals surface area contributed by atoms with Crippen molar-refractivity contribution in [2.45, 2.75) is 23.8 Å². The number of phenolic OH excluding ortho intramolecular Hbond substituents is 1. The van der Waals surface area contributed by atoms with Gasteiger partial charge >= 0.3 is 0 Å². The quantitative estimate of drug-likeness (QED) is 0.602. The number of piperidine rings is 1. The van der Waals surface area contributed by atoms with Crippen molar-refractivity contribution in [3.63, 3.8) is 0 Å². The summed E-state index contributed by atoms with van der Waals surface area (Å²) in [4.78, 5) is 49.6. The second kappa shape index (κ2) is 6.95. The van der Waals surface area contributed by atoms with Crippen LogP contribution in [0.2, 0.25) is 0 Å². The van der Waals surface area contributed by atoms with E-state index in [1.54, 1.807) is 0 Å². The molecule has 1 fully saturated rings. The predicted molar refractivity (Wildman–Crippen MR) is 102 cm³/mol. The van der Waals surface area contributed by atoms with Gasteiger partial charge in [0.1, 0.15) is 11.8 Å². The summed E-state index contributed by atoms with van der Waals surface area (Å²) in [6.07, 6.45) is 0.0258. The summed E-state index contributed by atoms with van der Waals surface area (Å²) in [5.41, 5.74) is 0.0426. The minimum absolute atomic E-state index is 0.00148. The summed E-state index contributed by atoms with van der Waals surface area (Å²) in [7, 11) is -4.00. The number of carbonyl (C=O) groups is 4. The van der Waals surface area contributed by atoms with E-state index in [0.717, 1.165) is 4.90 Å². The number of fused-ring (bicyclic) bond motifs is 1. The molecule has 2 heterocycles. The Morgan fingerprint density at radius 2 is 1.63 bits per heavy atom. The summed E-state index contributed by atoms with van der Waals surface area (Å²) >= 11 is 0. The zero-order chi connectivity index (χ0) is 21.6. The average Bonchev–Trinajstić information content (AvgIpc) is 2.92. The maximum absolute atomic E-state index is 12.8. The third kappa shape index (κ3) is 3.28. The number of sulfonamides is 1. The average molecular weight is 429 g/mol. The number of hydrogen-bond donors (Lipinski definition) is 3. The monoisotopic (exact) mass is 429 g/mol. The van der Waals surface area contributed by atoms with Crippen molar-refractivity contribution in [3.05, 3.63) is 53.6 Å². The number of benzene rings is 2. The van der Waals surface area contributed by atoms with Gasteiger partial charge < -0.3 is 5.11 Å². The van der Waals surface area contributed by atoms with Crippen LogP contribution in [0.5, 0.6) is 5.75 Å². The Kier molecular flexibility index (Phi) is 4.54. The van der Waals surface area contributed by atoms with E-state index in [1.807, 2.05) is 0 Å². The summed E-state index contributed by atoms with van der Waals surface area (Å²) in [6, 6.07) is 7.61. The van der Waals surface area contributed by atoms with Crippen LogP contribution in [0.4, 0.5) is 5.69 Å². The van der Waals surface area contributed by atoms with Gasteiger partial charge in [0.25, 0.3) is 21.8 Å². The standard InChI is InChI=1S/C19H15N3O7S/c23-11-2-4-12(5-3-11)30(28,29)21-10-1-6-13-14(9-10)19(27)22(18(13)26)15-7-8-16(24)20-17(15)25/h1-6,9,15,21,23H,7-8H2,(H,20,24,25). The lowest BCUT2D eigenvalue weighted by Gasteiger charge is -2.27. The molecule has 1 saturated heterocycles. The third-order valence-corrected chi connectivity index (χ3v) is 6.24. The Bertz CT molecular complexity index is 1210. The highest BCUT2D eigenvalue weighted by Crippen LogP contribution is 2.30. The van der Waals surface area contributed by atoms with Crippen molar-refractivity contribution in [2.24, 2.45) is 0 Å². The normalized spacial score (nSPS) is 18.9. The zero-order valence-electron chi connectivity index (χ0n) is 15.3. The molecule has 154 valence electrons. The van der Waals surface area contributed by atoms with E-state index in [1.165, 1.54) is 42.5 Å². The van der Waals surface area contributed by atoms with Crippen LogP contribution in [-0.2, 0) is 19.6 Å². The number of amides is 4. The molecule has 2 aliphatic rings. The molecule has 0 spiro atoms. The minimum Gasteiger partial charge on any atom is -0.508 e. The molecular weight excluding hydrogens is 414 g/mol. The minimum atomic E-state index is -4.00. The van der Waals surface area contributed by atoms with Crippen LogP contribution in [0.25, 0.3) is 0 Å². The van der Waals surface area contributed by atoms with Gasteiger partial charge in [-0.25, -0.2) is 8.42 Å². The summed E-state index contributed by atoms with van der Waals surface area (Å²) in [5.74, 6) is -2.72. The van der Waals surface area contributed by atoms with Crippen molar-refractivity contribution in [1.29, 1.82) is 0 Å². The molecule has 10 nitrogen and oxygen atoms in total.